The van der Waals surface area contributed by atoms with Gasteiger partial charge in [-0.25, -0.2) is 15.7 Å². The van der Waals surface area contributed by atoms with Crippen LogP contribution in [0.1, 0.15) is 4.88 Å². The molecule has 1 heterocycles. The third-order valence-electron chi connectivity index (χ3n) is 1.25. The average Bonchev–Trinajstić information content (AvgIpc) is 2.66. The van der Waals surface area contributed by atoms with Crippen molar-refractivity contribution in [1.82, 2.24) is 10.9 Å². The molecule has 0 radical (unpaired) electrons. The first kappa shape index (κ1) is 11.1. The van der Waals surface area contributed by atoms with Gasteiger partial charge in [-0.3, -0.25) is 15.3 Å². The number of carbonyl (C=O) groups excluding carboxylic acids is 1. The lowest BCUT2D eigenvalue weighted by Gasteiger charge is -1.93. The molecule has 0 spiro atoms. The molecular weight excluding hydrogens is 224 g/mol. The van der Waals surface area contributed by atoms with Crippen LogP contribution in [0.3, 0.4) is 0 Å². The molecule has 0 bridgehead atoms. The molecule has 0 saturated heterocycles. The number of hydrogen-bond acceptors (Lipinski definition) is 6. The molecule has 0 aliphatic carbocycles. The number of nitrogens with one attached hydrogen (secondary N) is 2. The van der Waals surface area contributed by atoms with E-state index in [2.05, 4.69) is 5.10 Å². The van der Waals surface area contributed by atoms with Gasteiger partial charge in [-0.1, -0.05) is 11.3 Å². The Morgan fingerprint density at radius 2 is 2.40 bits per heavy atom. The fourth-order valence-corrected chi connectivity index (χ4v) is 1.38. The molecule has 1 rings (SSSR count). The molecule has 0 unspecified atom stereocenters. The van der Waals surface area contributed by atoms with Gasteiger partial charge < -0.3 is 0 Å². The molecule has 2 amide bonds. The molecule has 15 heavy (non-hydrogen) atoms. The number of hydrogen-bond donors (Lipinski definition) is 3. The normalized spacial score (nSPS) is 10.2. The van der Waals surface area contributed by atoms with Crippen LogP contribution in [-0.2, 0) is 0 Å². The lowest BCUT2D eigenvalue weighted by Crippen LogP contribution is -2.29. The van der Waals surface area contributed by atoms with Crippen molar-refractivity contribution >= 4 is 28.6 Å². The molecule has 0 saturated carbocycles. The third-order valence-corrected chi connectivity index (χ3v) is 2.22. The summed E-state index contributed by atoms with van der Waals surface area (Å²) >= 11 is 0.918. The number of carbonyl (C=O) groups is 1. The van der Waals surface area contributed by atoms with Gasteiger partial charge in [0.25, 0.3) is 0 Å². The number of nitro groups is 1. The Balaban J connectivity index is 2.57. The lowest BCUT2D eigenvalue weighted by atomic mass is 10.5. The van der Waals surface area contributed by atoms with Gasteiger partial charge in [0.05, 0.1) is 16.0 Å². The van der Waals surface area contributed by atoms with E-state index in [9.17, 15) is 14.9 Å². The Kier molecular flexibility index (Phi) is 3.71. The summed E-state index contributed by atoms with van der Waals surface area (Å²) in [5.41, 5.74) is 3.23. The second kappa shape index (κ2) is 5.02. The summed E-state index contributed by atoms with van der Waals surface area (Å²) < 4.78 is 0. The van der Waals surface area contributed by atoms with E-state index in [-0.39, 0.29) is 5.00 Å². The molecule has 0 atom stereocenters. The fraction of sp³-hybridized carbons (Fsp3) is 0. The van der Waals surface area contributed by atoms with E-state index in [1.165, 1.54) is 23.8 Å². The van der Waals surface area contributed by atoms with Crippen molar-refractivity contribution in [1.29, 1.82) is 0 Å². The van der Waals surface area contributed by atoms with Crippen LogP contribution in [-0.4, -0.2) is 22.4 Å². The lowest BCUT2D eigenvalue weighted by molar-refractivity contribution is -0.380. The predicted molar refractivity (Wildman–Crippen MR) is 52.0 cm³/mol. The highest BCUT2D eigenvalue weighted by Crippen LogP contribution is 2.22. The molecule has 0 aliphatic rings. The van der Waals surface area contributed by atoms with Crippen LogP contribution in [0.2, 0.25) is 0 Å². The van der Waals surface area contributed by atoms with Crippen LogP contribution in [0.25, 0.3) is 0 Å². The van der Waals surface area contributed by atoms with Gasteiger partial charge in [0.1, 0.15) is 0 Å². The molecular formula is C6H6N4O4S. The van der Waals surface area contributed by atoms with Gasteiger partial charge in [-0.05, 0) is 6.07 Å². The first-order valence-corrected chi connectivity index (χ1v) is 4.42. The van der Waals surface area contributed by atoms with Crippen LogP contribution in [0.5, 0.6) is 0 Å². The van der Waals surface area contributed by atoms with Gasteiger partial charge in [0.2, 0.25) is 0 Å². The standard InChI is InChI=1S/C6H6N4O4S/c11-6(9-12)8-7-3-4-1-2-5(15-4)10(13)14/h1-3,12H,(H2,8,9,11)/b7-3+. The van der Waals surface area contributed by atoms with E-state index in [1.54, 1.807) is 0 Å². The molecule has 1 aromatic heterocycles. The highest BCUT2D eigenvalue weighted by atomic mass is 32.1. The van der Waals surface area contributed by atoms with Crippen molar-refractivity contribution in [3.8, 4) is 0 Å². The fourth-order valence-electron chi connectivity index (χ4n) is 0.689. The maximum atomic E-state index is 10.4. The zero-order valence-electron chi connectivity index (χ0n) is 7.21. The van der Waals surface area contributed by atoms with Gasteiger partial charge in [-0.15, -0.1) is 0 Å². The van der Waals surface area contributed by atoms with Crippen LogP contribution in [0, 0.1) is 10.1 Å². The maximum absolute atomic E-state index is 10.4. The summed E-state index contributed by atoms with van der Waals surface area (Å²) in [4.78, 5) is 20.7. The number of nitrogens with zero attached hydrogens (tertiary/aromatic N) is 2. The van der Waals surface area contributed by atoms with E-state index in [0.717, 1.165) is 11.3 Å². The van der Waals surface area contributed by atoms with E-state index in [1.807, 2.05) is 5.43 Å². The Hall–Kier alpha value is -2.00. The smallest absolute Gasteiger partial charge is 0.287 e. The maximum Gasteiger partial charge on any atom is 0.358 e. The molecule has 8 nitrogen and oxygen atoms in total. The van der Waals surface area contributed by atoms with Crippen LogP contribution in [0.4, 0.5) is 9.80 Å². The summed E-state index contributed by atoms with van der Waals surface area (Å²) in [7, 11) is 0. The first-order valence-electron chi connectivity index (χ1n) is 3.61. The minimum atomic E-state index is -0.891. The molecule has 0 aromatic carbocycles. The molecule has 1 aromatic rings. The molecule has 0 aliphatic heterocycles. The highest BCUT2D eigenvalue weighted by molar-refractivity contribution is 7.16. The van der Waals surface area contributed by atoms with Crippen molar-refractivity contribution in [2.75, 3.05) is 0 Å². The zero-order chi connectivity index (χ0) is 11.3. The number of rotatable bonds is 3. The van der Waals surface area contributed by atoms with E-state index >= 15 is 0 Å². The van der Waals surface area contributed by atoms with Gasteiger partial charge in [0.15, 0.2) is 0 Å². The summed E-state index contributed by atoms with van der Waals surface area (Å²) in [6.45, 7) is 0. The predicted octanol–water partition coefficient (Wildman–Crippen LogP) is 0.679. The van der Waals surface area contributed by atoms with Crippen LogP contribution in [0.15, 0.2) is 17.2 Å². The zero-order valence-corrected chi connectivity index (χ0v) is 8.02. The minimum Gasteiger partial charge on any atom is -0.287 e. The van der Waals surface area contributed by atoms with Crippen molar-refractivity contribution in [3.05, 3.63) is 27.1 Å². The Labute approximate surface area is 87.3 Å². The van der Waals surface area contributed by atoms with Gasteiger partial charge in [-0.2, -0.15) is 5.10 Å². The highest BCUT2D eigenvalue weighted by Gasteiger charge is 2.07. The topological polar surface area (TPSA) is 117 Å². The van der Waals surface area contributed by atoms with Crippen molar-refractivity contribution in [3.63, 3.8) is 0 Å². The Morgan fingerprint density at radius 1 is 1.67 bits per heavy atom. The number of thiophene rings is 1. The SMILES string of the molecule is O=C(NO)N/N=C/c1ccc([N+](=O)[O-])s1. The van der Waals surface area contributed by atoms with E-state index in [4.69, 9.17) is 5.21 Å². The summed E-state index contributed by atoms with van der Waals surface area (Å²) in [5.74, 6) is 0. The van der Waals surface area contributed by atoms with Gasteiger partial charge >= 0.3 is 11.0 Å². The number of urea groups is 1. The van der Waals surface area contributed by atoms with Crippen molar-refractivity contribution in [2.45, 2.75) is 0 Å². The van der Waals surface area contributed by atoms with Crippen LogP contribution >= 0.6 is 11.3 Å². The van der Waals surface area contributed by atoms with Crippen molar-refractivity contribution < 1.29 is 14.9 Å². The molecule has 9 heteroatoms. The monoisotopic (exact) mass is 230 g/mol. The average molecular weight is 230 g/mol. The molecule has 3 N–H and O–H groups in total. The quantitative estimate of drug-likeness (QED) is 0.306. The van der Waals surface area contributed by atoms with Crippen molar-refractivity contribution in [2.24, 2.45) is 5.10 Å². The second-order valence-corrected chi connectivity index (χ2v) is 3.34. The Bertz CT molecular complexity index is 402. The van der Waals surface area contributed by atoms with E-state index < -0.39 is 11.0 Å². The second-order valence-electron chi connectivity index (χ2n) is 2.24. The summed E-state index contributed by atoms with van der Waals surface area (Å²) in [5, 5.41) is 21.8. The molecule has 80 valence electrons. The van der Waals surface area contributed by atoms with Gasteiger partial charge in [0, 0.05) is 6.07 Å². The summed E-state index contributed by atoms with van der Waals surface area (Å²) in [6.07, 6.45) is 1.23. The number of hydroxylamine groups is 1. The van der Waals surface area contributed by atoms with E-state index in [0.29, 0.717) is 4.88 Å². The third kappa shape index (κ3) is 3.32. The Morgan fingerprint density at radius 3 is 2.93 bits per heavy atom. The first-order chi connectivity index (χ1) is 7.13. The largest absolute Gasteiger partial charge is 0.358 e. The van der Waals surface area contributed by atoms with Crippen LogP contribution < -0.4 is 10.9 Å². The summed E-state index contributed by atoms with van der Waals surface area (Å²) in [6, 6.07) is 1.93. The number of hydrazone groups is 1. The minimum absolute atomic E-state index is 0.0111. The molecule has 0 fully saturated rings. The number of amides is 2.